The Balaban J connectivity index is 1.92. The normalized spacial score (nSPS) is 11.6. The number of hydrogen-bond donors (Lipinski definition) is 2. The minimum Gasteiger partial charge on any atom is -0.346 e. The molecule has 0 bridgehead atoms. The number of anilines is 1. The largest absolute Gasteiger partial charge is 0.346 e. The van der Waals surface area contributed by atoms with E-state index in [4.69, 9.17) is 0 Å². The summed E-state index contributed by atoms with van der Waals surface area (Å²) in [5, 5.41) is 5.54. The Labute approximate surface area is 150 Å². The predicted molar refractivity (Wildman–Crippen MR) is 100.0 cm³/mol. The second-order valence-corrected chi connectivity index (χ2v) is 6.51. The Bertz CT molecular complexity index is 717. The fourth-order valence-electron chi connectivity index (χ4n) is 2.51. The summed E-state index contributed by atoms with van der Waals surface area (Å²) in [5.41, 5.74) is 2.66. The molecule has 1 atom stereocenters. The predicted octanol–water partition coefficient (Wildman–Crippen LogP) is 4.01. The average molecular weight is 389 g/mol. The van der Waals surface area contributed by atoms with E-state index in [1.54, 1.807) is 0 Å². The first-order valence-electron chi connectivity index (χ1n) is 7.90. The Morgan fingerprint density at radius 2 is 1.83 bits per heavy atom. The number of carbonyl (C=O) groups excluding carboxylic acids is 2. The van der Waals surface area contributed by atoms with E-state index in [-0.39, 0.29) is 24.3 Å². The molecule has 0 fully saturated rings. The molecule has 0 spiro atoms. The summed E-state index contributed by atoms with van der Waals surface area (Å²) >= 11 is 3.39. The number of benzene rings is 2. The molecule has 24 heavy (non-hydrogen) atoms. The number of carbonyl (C=O) groups is 2. The van der Waals surface area contributed by atoms with Crippen LogP contribution in [0.4, 0.5) is 5.69 Å². The summed E-state index contributed by atoms with van der Waals surface area (Å²) in [6.07, 6.45) is 0.684. The first-order chi connectivity index (χ1) is 11.5. The standard InChI is InChI=1S/C19H21BrN2O2/c1-3-16(14-7-5-4-6-8-14)19(24)21-12-18(23)22-17-10-9-15(20)11-13(17)2/h4-11,16H,3,12H2,1-2H3,(H,21,24)(H,22,23). The van der Waals surface area contributed by atoms with Crippen molar-refractivity contribution in [1.82, 2.24) is 5.32 Å². The van der Waals surface area contributed by atoms with Crippen LogP contribution in [-0.2, 0) is 9.59 Å². The minimum atomic E-state index is -0.242. The molecule has 2 aromatic rings. The molecule has 0 aliphatic rings. The van der Waals surface area contributed by atoms with Crippen molar-refractivity contribution >= 4 is 33.4 Å². The van der Waals surface area contributed by atoms with Gasteiger partial charge in [0.2, 0.25) is 11.8 Å². The average Bonchev–Trinajstić information content (AvgIpc) is 2.57. The molecule has 5 heteroatoms. The van der Waals surface area contributed by atoms with Crippen LogP contribution in [0.1, 0.15) is 30.4 Å². The van der Waals surface area contributed by atoms with Crippen molar-refractivity contribution in [1.29, 1.82) is 0 Å². The molecular formula is C19H21BrN2O2. The van der Waals surface area contributed by atoms with Gasteiger partial charge < -0.3 is 10.6 Å². The van der Waals surface area contributed by atoms with Crippen molar-refractivity contribution in [3.63, 3.8) is 0 Å². The van der Waals surface area contributed by atoms with Gasteiger partial charge in [0, 0.05) is 10.2 Å². The molecule has 4 nitrogen and oxygen atoms in total. The third kappa shape index (κ3) is 4.93. The molecule has 0 aliphatic carbocycles. The molecule has 1 unspecified atom stereocenters. The van der Waals surface area contributed by atoms with Gasteiger partial charge in [0.15, 0.2) is 0 Å². The highest BCUT2D eigenvalue weighted by Gasteiger charge is 2.18. The molecule has 2 N–H and O–H groups in total. The number of hydrogen-bond acceptors (Lipinski definition) is 2. The van der Waals surface area contributed by atoms with E-state index in [1.807, 2.05) is 62.4 Å². The van der Waals surface area contributed by atoms with Gasteiger partial charge in [-0.15, -0.1) is 0 Å². The molecule has 0 heterocycles. The van der Waals surface area contributed by atoms with E-state index in [2.05, 4.69) is 26.6 Å². The number of nitrogens with one attached hydrogen (secondary N) is 2. The summed E-state index contributed by atoms with van der Waals surface area (Å²) in [5.74, 6) is -0.614. The molecule has 0 saturated carbocycles. The molecule has 0 saturated heterocycles. The van der Waals surface area contributed by atoms with Crippen LogP contribution in [-0.4, -0.2) is 18.4 Å². The van der Waals surface area contributed by atoms with Crippen LogP contribution in [0.15, 0.2) is 53.0 Å². The Morgan fingerprint density at radius 1 is 1.12 bits per heavy atom. The van der Waals surface area contributed by atoms with Crippen molar-refractivity contribution in [2.45, 2.75) is 26.2 Å². The van der Waals surface area contributed by atoms with Crippen molar-refractivity contribution in [2.24, 2.45) is 0 Å². The van der Waals surface area contributed by atoms with Gasteiger partial charge in [-0.2, -0.15) is 0 Å². The van der Waals surface area contributed by atoms with Gasteiger partial charge in [0.25, 0.3) is 0 Å². The maximum absolute atomic E-state index is 12.3. The van der Waals surface area contributed by atoms with Crippen molar-refractivity contribution in [2.75, 3.05) is 11.9 Å². The molecule has 126 valence electrons. The Kier molecular flexibility index (Phi) is 6.55. The maximum Gasteiger partial charge on any atom is 0.243 e. The van der Waals surface area contributed by atoms with E-state index in [9.17, 15) is 9.59 Å². The lowest BCUT2D eigenvalue weighted by Crippen LogP contribution is -2.36. The van der Waals surface area contributed by atoms with Gasteiger partial charge >= 0.3 is 0 Å². The number of halogens is 1. The van der Waals surface area contributed by atoms with E-state index in [0.29, 0.717) is 6.42 Å². The monoisotopic (exact) mass is 388 g/mol. The van der Waals surface area contributed by atoms with Gasteiger partial charge in [-0.25, -0.2) is 0 Å². The summed E-state index contributed by atoms with van der Waals surface area (Å²) in [6, 6.07) is 15.2. The SMILES string of the molecule is CCC(C(=O)NCC(=O)Nc1ccc(Br)cc1C)c1ccccc1. The summed E-state index contributed by atoms with van der Waals surface area (Å²) in [4.78, 5) is 24.4. The van der Waals surface area contributed by atoms with Gasteiger partial charge in [0.1, 0.15) is 0 Å². The lowest BCUT2D eigenvalue weighted by Gasteiger charge is -2.15. The van der Waals surface area contributed by atoms with Crippen LogP contribution >= 0.6 is 15.9 Å². The molecule has 2 amide bonds. The van der Waals surface area contributed by atoms with Crippen LogP contribution in [0.5, 0.6) is 0 Å². The Morgan fingerprint density at radius 3 is 2.46 bits per heavy atom. The molecule has 0 aromatic heterocycles. The second kappa shape index (κ2) is 8.64. The molecule has 0 aliphatic heterocycles. The zero-order valence-electron chi connectivity index (χ0n) is 13.8. The van der Waals surface area contributed by atoms with E-state index >= 15 is 0 Å². The summed E-state index contributed by atoms with van der Waals surface area (Å²) in [6.45, 7) is 3.83. The van der Waals surface area contributed by atoms with Crippen LogP contribution in [0, 0.1) is 6.92 Å². The second-order valence-electron chi connectivity index (χ2n) is 5.60. The van der Waals surface area contributed by atoms with Crippen LogP contribution in [0.3, 0.4) is 0 Å². The number of amides is 2. The summed E-state index contributed by atoms with van der Waals surface area (Å²) < 4.78 is 0.958. The van der Waals surface area contributed by atoms with Gasteiger partial charge in [-0.05, 0) is 42.7 Å². The molecule has 2 aromatic carbocycles. The number of aryl methyl sites for hydroxylation is 1. The number of rotatable bonds is 6. The van der Waals surface area contributed by atoms with Crippen LogP contribution < -0.4 is 10.6 Å². The first kappa shape index (κ1) is 18.2. The topological polar surface area (TPSA) is 58.2 Å². The van der Waals surface area contributed by atoms with Gasteiger partial charge in [0.05, 0.1) is 12.5 Å². The smallest absolute Gasteiger partial charge is 0.243 e. The minimum absolute atomic E-state index is 0.0440. The van der Waals surface area contributed by atoms with Crippen molar-refractivity contribution < 1.29 is 9.59 Å². The summed E-state index contributed by atoms with van der Waals surface area (Å²) in [7, 11) is 0. The van der Waals surface area contributed by atoms with Crippen molar-refractivity contribution in [3.8, 4) is 0 Å². The van der Waals surface area contributed by atoms with E-state index in [1.165, 1.54) is 0 Å². The maximum atomic E-state index is 12.3. The fourth-order valence-corrected chi connectivity index (χ4v) is 2.99. The quantitative estimate of drug-likeness (QED) is 0.785. The third-order valence-corrected chi connectivity index (χ3v) is 4.31. The lowest BCUT2D eigenvalue weighted by atomic mass is 9.96. The zero-order chi connectivity index (χ0) is 17.5. The highest BCUT2D eigenvalue weighted by atomic mass is 79.9. The highest BCUT2D eigenvalue weighted by Crippen LogP contribution is 2.20. The van der Waals surface area contributed by atoms with Crippen LogP contribution in [0.2, 0.25) is 0 Å². The zero-order valence-corrected chi connectivity index (χ0v) is 15.4. The molecular weight excluding hydrogens is 368 g/mol. The molecule has 2 rings (SSSR count). The van der Waals surface area contributed by atoms with E-state index in [0.717, 1.165) is 21.3 Å². The lowest BCUT2D eigenvalue weighted by molar-refractivity contribution is -0.125. The Hall–Kier alpha value is -2.14. The van der Waals surface area contributed by atoms with Crippen molar-refractivity contribution in [3.05, 3.63) is 64.1 Å². The van der Waals surface area contributed by atoms with Gasteiger partial charge in [-0.1, -0.05) is 53.2 Å². The third-order valence-electron chi connectivity index (χ3n) is 3.81. The van der Waals surface area contributed by atoms with E-state index < -0.39 is 0 Å². The highest BCUT2D eigenvalue weighted by molar-refractivity contribution is 9.10. The van der Waals surface area contributed by atoms with Gasteiger partial charge in [-0.3, -0.25) is 9.59 Å². The first-order valence-corrected chi connectivity index (χ1v) is 8.69. The molecule has 0 radical (unpaired) electrons. The fraction of sp³-hybridized carbons (Fsp3) is 0.263. The van der Waals surface area contributed by atoms with Crippen LogP contribution in [0.25, 0.3) is 0 Å².